The first kappa shape index (κ1) is 18.3. The van der Waals surface area contributed by atoms with E-state index in [-0.39, 0.29) is 17.3 Å². The van der Waals surface area contributed by atoms with E-state index in [1.165, 1.54) is 6.07 Å². The third kappa shape index (κ3) is 3.51. The van der Waals surface area contributed by atoms with Crippen LogP contribution in [-0.4, -0.2) is 23.5 Å². The van der Waals surface area contributed by atoms with Gasteiger partial charge in [-0.3, -0.25) is 4.79 Å². The van der Waals surface area contributed by atoms with E-state index >= 15 is 0 Å². The normalized spacial score (nSPS) is 15.6. The molecule has 3 aromatic carbocycles. The van der Waals surface area contributed by atoms with Crippen molar-refractivity contribution in [1.82, 2.24) is 0 Å². The number of benzene rings is 3. The van der Waals surface area contributed by atoms with Gasteiger partial charge in [0.05, 0.1) is 23.7 Å². The van der Waals surface area contributed by atoms with Crippen LogP contribution in [0.2, 0.25) is 5.02 Å². The summed E-state index contributed by atoms with van der Waals surface area (Å²) in [6.07, 6.45) is 0.626. The van der Waals surface area contributed by atoms with Crippen LogP contribution in [0.25, 0.3) is 11.1 Å². The second kappa shape index (κ2) is 7.49. The van der Waals surface area contributed by atoms with E-state index in [4.69, 9.17) is 16.3 Å². The number of carbonyl (C=O) groups is 2. The second-order valence-corrected chi connectivity index (χ2v) is 7.20. The molecule has 1 unspecified atom stereocenters. The van der Waals surface area contributed by atoms with Gasteiger partial charge in [0.1, 0.15) is 5.75 Å². The van der Waals surface area contributed by atoms with Crippen LogP contribution in [0.1, 0.15) is 26.3 Å². The third-order valence-electron chi connectivity index (χ3n) is 4.91. The van der Waals surface area contributed by atoms with Crippen molar-refractivity contribution in [2.75, 3.05) is 6.61 Å². The molecule has 0 saturated carbocycles. The number of hydrogen-bond donors (Lipinski definition) is 1. The predicted molar refractivity (Wildman–Crippen MR) is 107 cm³/mol. The van der Waals surface area contributed by atoms with Gasteiger partial charge in [0, 0.05) is 5.02 Å². The van der Waals surface area contributed by atoms with Gasteiger partial charge < -0.3 is 9.84 Å². The Bertz CT molecular complexity index is 1060. The SMILES string of the molecule is O=C(O)c1cc(Cl)ccc1-c1ccc2c(c1)OCC(Cc1ccccc1)C2=O. The van der Waals surface area contributed by atoms with Gasteiger partial charge in [-0.15, -0.1) is 0 Å². The van der Waals surface area contributed by atoms with Crippen molar-refractivity contribution in [3.05, 3.63) is 88.4 Å². The van der Waals surface area contributed by atoms with E-state index in [1.54, 1.807) is 30.3 Å². The lowest BCUT2D eigenvalue weighted by atomic mass is 9.88. The van der Waals surface area contributed by atoms with Gasteiger partial charge in [0.2, 0.25) is 0 Å². The van der Waals surface area contributed by atoms with Crippen LogP contribution in [0.15, 0.2) is 66.7 Å². The van der Waals surface area contributed by atoms with Gasteiger partial charge in [-0.05, 0) is 47.4 Å². The molecule has 0 aromatic heterocycles. The Hall–Kier alpha value is -3.11. The number of ketones is 1. The zero-order valence-corrected chi connectivity index (χ0v) is 15.6. The zero-order valence-electron chi connectivity index (χ0n) is 14.9. The van der Waals surface area contributed by atoms with Gasteiger partial charge in [-0.2, -0.15) is 0 Å². The molecule has 0 fully saturated rings. The monoisotopic (exact) mass is 392 g/mol. The highest BCUT2D eigenvalue weighted by Gasteiger charge is 2.29. The maximum absolute atomic E-state index is 12.9. The van der Waals surface area contributed by atoms with E-state index in [0.29, 0.717) is 40.5 Å². The summed E-state index contributed by atoms with van der Waals surface area (Å²) in [5.74, 6) is -0.759. The molecule has 140 valence electrons. The Morgan fingerprint density at radius 3 is 2.54 bits per heavy atom. The standard InChI is InChI=1S/C23H17ClO4/c24-17-7-9-18(20(12-17)23(26)27)15-6-8-19-21(11-15)28-13-16(22(19)25)10-14-4-2-1-3-5-14/h1-9,11-12,16H,10,13H2,(H,26,27). The molecule has 28 heavy (non-hydrogen) atoms. The number of Topliss-reactive ketones (excluding diaryl/α,β-unsaturated/α-hetero) is 1. The number of fused-ring (bicyclic) bond motifs is 1. The largest absolute Gasteiger partial charge is 0.492 e. The van der Waals surface area contributed by atoms with Crippen LogP contribution >= 0.6 is 11.6 Å². The number of ether oxygens (including phenoxy) is 1. The third-order valence-corrected chi connectivity index (χ3v) is 5.14. The molecule has 4 rings (SSSR count). The maximum atomic E-state index is 12.9. The van der Waals surface area contributed by atoms with E-state index in [0.717, 1.165) is 5.56 Å². The predicted octanol–water partition coefficient (Wildman–Crippen LogP) is 5.14. The van der Waals surface area contributed by atoms with Crippen molar-refractivity contribution in [3.63, 3.8) is 0 Å². The summed E-state index contributed by atoms with van der Waals surface area (Å²) in [4.78, 5) is 24.5. The summed E-state index contributed by atoms with van der Waals surface area (Å²) in [6, 6.07) is 19.8. The molecule has 4 nitrogen and oxygen atoms in total. The van der Waals surface area contributed by atoms with Crippen LogP contribution < -0.4 is 4.74 Å². The van der Waals surface area contributed by atoms with E-state index < -0.39 is 5.97 Å². The quantitative estimate of drug-likeness (QED) is 0.667. The molecule has 0 spiro atoms. The second-order valence-electron chi connectivity index (χ2n) is 6.77. The first-order chi connectivity index (χ1) is 13.5. The van der Waals surface area contributed by atoms with Crippen molar-refractivity contribution < 1.29 is 19.4 Å². The number of rotatable bonds is 4. The molecular formula is C23H17ClO4. The van der Waals surface area contributed by atoms with E-state index in [9.17, 15) is 14.7 Å². The Kier molecular flexibility index (Phi) is 4.88. The maximum Gasteiger partial charge on any atom is 0.336 e. The Balaban J connectivity index is 1.65. The minimum absolute atomic E-state index is 0.0474. The van der Waals surface area contributed by atoms with Gasteiger partial charge in [-0.25, -0.2) is 4.79 Å². The molecule has 1 atom stereocenters. The average Bonchev–Trinajstić information content (AvgIpc) is 2.70. The molecule has 0 radical (unpaired) electrons. The lowest BCUT2D eigenvalue weighted by Gasteiger charge is -2.25. The highest BCUT2D eigenvalue weighted by atomic mass is 35.5. The topological polar surface area (TPSA) is 63.6 Å². The van der Waals surface area contributed by atoms with E-state index in [1.807, 2.05) is 30.3 Å². The van der Waals surface area contributed by atoms with Gasteiger partial charge in [0.15, 0.2) is 5.78 Å². The highest BCUT2D eigenvalue weighted by Crippen LogP contribution is 2.35. The summed E-state index contributed by atoms with van der Waals surface area (Å²) in [7, 11) is 0. The summed E-state index contributed by atoms with van der Waals surface area (Å²) >= 11 is 5.93. The summed E-state index contributed by atoms with van der Waals surface area (Å²) < 4.78 is 5.87. The van der Waals surface area contributed by atoms with Crippen LogP contribution in [0.4, 0.5) is 0 Å². The molecule has 1 heterocycles. The van der Waals surface area contributed by atoms with Crippen molar-refractivity contribution >= 4 is 23.4 Å². The Labute approximate surface area is 167 Å². The number of aromatic carboxylic acids is 1. The molecule has 1 aliphatic rings. The van der Waals surface area contributed by atoms with Gasteiger partial charge in [0.25, 0.3) is 0 Å². The number of carboxylic acids is 1. The van der Waals surface area contributed by atoms with Crippen molar-refractivity contribution in [3.8, 4) is 16.9 Å². The lowest BCUT2D eigenvalue weighted by molar-refractivity contribution is 0.0697. The molecule has 1 aliphatic heterocycles. The zero-order chi connectivity index (χ0) is 19.7. The fraction of sp³-hybridized carbons (Fsp3) is 0.130. The van der Waals surface area contributed by atoms with Crippen molar-refractivity contribution in [2.45, 2.75) is 6.42 Å². The number of halogens is 1. The number of hydrogen-bond acceptors (Lipinski definition) is 3. The molecule has 5 heteroatoms. The molecular weight excluding hydrogens is 376 g/mol. The van der Waals surface area contributed by atoms with Crippen LogP contribution in [0.5, 0.6) is 5.75 Å². The van der Waals surface area contributed by atoms with Crippen LogP contribution in [0, 0.1) is 5.92 Å². The Morgan fingerprint density at radius 1 is 1.04 bits per heavy atom. The molecule has 3 aromatic rings. The first-order valence-corrected chi connectivity index (χ1v) is 9.29. The Morgan fingerprint density at radius 2 is 1.79 bits per heavy atom. The van der Waals surface area contributed by atoms with Crippen molar-refractivity contribution in [1.29, 1.82) is 0 Å². The highest BCUT2D eigenvalue weighted by molar-refractivity contribution is 6.31. The molecule has 0 amide bonds. The molecule has 0 saturated heterocycles. The number of carboxylic acid groups (broad SMARTS) is 1. The fourth-order valence-corrected chi connectivity index (χ4v) is 3.67. The summed E-state index contributed by atoms with van der Waals surface area (Å²) in [6.45, 7) is 0.302. The number of carbonyl (C=O) groups excluding carboxylic acids is 1. The smallest absolute Gasteiger partial charge is 0.336 e. The minimum atomic E-state index is -1.06. The summed E-state index contributed by atoms with van der Waals surface area (Å²) in [5.41, 5.74) is 2.93. The average molecular weight is 393 g/mol. The summed E-state index contributed by atoms with van der Waals surface area (Å²) in [5, 5.41) is 9.82. The first-order valence-electron chi connectivity index (χ1n) is 8.91. The van der Waals surface area contributed by atoms with Gasteiger partial charge >= 0.3 is 5.97 Å². The van der Waals surface area contributed by atoms with E-state index in [2.05, 4.69) is 0 Å². The molecule has 0 bridgehead atoms. The fourth-order valence-electron chi connectivity index (χ4n) is 3.49. The van der Waals surface area contributed by atoms with Gasteiger partial charge in [-0.1, -0.05) is 54.1 Å². The van der Waals surface area contributed by atoms with Crippen LogP contribution in [0.3, 0.4) is 0 Å². The minimum Gasteiger partial charge on any atom is -0.492 e. The lowest BCUT2D eigenvalue weighted by Crippen LogP contribution is -2.29. The van der Waals surface area contributed by atoms with Crippen LogP contribution in [-0.2, 0) is 6.42 Å². The van der Waals surface area contributed by atoms with Crippen molar-refractivity contribution in [2.24, 2.45) is 5.92 Å². The molecule has 0 aliphatic carbocycles. The molecule has 1 N–H and O–H groups in total.